The minimum atomic E-state index is -0.708. The van der Waals surface area contributed by atoms with Crippen LogP contribution in [0.25, 0.3) is 0 Å². The molecule has 1 aromatic rings. The molecule has 2 amide bonds. The molecule has 0 heterocycles. The number of nitrogens with zero attached hydrogens (tertiary/aromatic N) is 1. The van der Waals surface area contributed by atoms with Gasteiger partial charge in [-0.3, -0.25) is 9.59 Å². The van der Waals surface area contributed by atoms with Crippen molar-refractivity contribution in [2.24, 2.45) is 0 Å². The Morgan fingerprint density at radius 2 is 2.05 bits per heavy atom. The van der Waals surface area contributed by atoms with E-state index < -0.39 is 17.3 Å². The number of carbonyl (C=O) groups is 2. The summed E-state index contributed by atoms with van der Waals surface area (Å²) < 4.78 is 13.0. The van der Waals surface area contributed by atoms with Crippen molar-refractivity contribution >= 4 is 11.8 Å². The highest BCUT2D eigenvalue weighted by molar-refractivity contribution is 5.96. The van der Waals surface area contributed by atoms with E-state index in [0.717, 1.165) is 6.07 Å². The standard InChI is InChI=1S/C14H19FN2O3/c1-14(2,9-18)17(3)12(19)8-16-13(20)10-5-4-6-11(15)7-10/h4-7,18H,8-9H2,1-3H3,(H,16,20). The summed E-state index contributed by atoms with van der Waals surface area (Å²) in [5.74, 6) is -1.37. The SMILES string of the molecule is CN(C(=O)CNC(=O)c1cccc(F)c1)C(C)(C)CO. The van der Waals surface area contributed by atoms with E-state index in [1.165, 1.54) is 23.1 Å². The Kier molecular flexibility index (Phi) is 5.21. The van der Waals surface area contributed by atoms with Crippen molar-refractivity contribution in [3.05, 3.63) is 35.6 Å². The molecule has 20 heavy (non-hydrogen) atoms. The summed E-state index contributed by atoms with van der Waals surface area (Å²) in [6.07, 6.45) is 0. The van der Waals surface area contributed by atoms with Gasteiger partial charge in [-0.05, 0) is 32.0 Å². The van der Waals surface area contributed by atoms with Gasteiger partial charge in [0.25, 0.3) is 5.91 Å². The number of rotatable bonds is 5. The molecule has 0 aromatic heterocycles. The first kappa shape index (κ1) is 16.1. The first-order valence-corrected chi connectivity index (χ1v) is 6.19. The van der Waals surface area contributed by atoms with Gasteiger partial charge in [0, 0.05) is 12.6 Å². The average Bonchev–Trinajstić information content (AvgIpc) is 2.43. The summed E-state index contributed by atoms with van der Waals surface area (Å²) in [6.45, 7) is 3.01. The molecule has 1 aromatic carbocycles. The van der Waals surface area contributed by atoms with Gasteiger partial charge >= 0.3 is 0 Å². The van der Waals surface area contributed by atoms with E-state index in [2.05, 4.69) is 5.32 Å². The number of likely N-dealkylation sites (N-methyl/N-ethyl adjacent to an activating group) is 1. The van der Waals surface area contributed by atoms with Gasteiger partial charge in [-0.25, -0.2) is 4.39 Å². The van der Waals surface area contributed by atoms with E-state index in [4.69, 9.17) is 0 Å². The van der Waals surface area contributed by atoms with Gasteiger partial charge < -0.3 is 15.3 Å². The number of aliphatic hydroxyl groups excluding tert-OH is 1. The fraction of sp³-hybridized carbons (Fsp3) is 0.429. The molecule has 110 valence electrons. The lowest BCUT2D eigenvalue weighted by molar-refractivity contribution is -0.134. The van der Waals surface area contributed by atoms with Crippen LogP contribution >= 0.6 is 0 Å². The highest BCUT2D eigenvalue weighted by atomic mass is 19.1. The normalized spacial score (nSPS) is 11.1. The van der Waals surface area contributed by atoms with E-state index in [1.807, 2.05) is 0 Å². The Bertz CT molecular complexity index is 503. The Morgan fingerprint density at radius 3 is 2.60 bits per heavy atom. The predicted octanol–water partition coefficient (Wildman–Crippen LogP) is 0.785. The largest absolute Gasteiger partial charge is 0.394 e. The monoisotopic (exact) mass is 282 g/mol. The lowest BCUT2D eigenvalue weighted by Crippen LogP contribution is -2.50. The number of hydrogen-bond acceptors (Lipinski definition) is 3. The van der Waals surface area contributed by atoms with Crippen molar-refractivity contribution in [3.63, 3.8) is 0 Å². The molecule has 0 unspecified atom stereocenters. The van der Waals surface area contributed by atoms with Crippen LogP contribution in [0.3, 0.4) is 0 Å². The number of amides is 2. The molecule has 6 heteroatoms. The third kappa shape index (κ3) is 4.03. The average molecular weight is 282 g/mol. The Balaban J connectivity index is 2.59. The summed E-state index contributed by atoms with van der Waals surface area (Å²) in [4.78, 5) is 25.0. The lowest BCUT2D eigenvalue weighted by Gasteiger charge is -2.33. The minimum Gasteiger partial charge on any atom is -0.394 e. The second-order valence-corrected chi connectivity index (χ2v) is 5.12. The van der Waals surface area contributed by atoms with Gasteiger partial charge in [-0.15, -0.1) is 0 Å². The van der Waals surface area contributed by atoms with Crippen LogP contribution in [0, 0.1) is 5.82 Å². The molecule has 0 aliphatic heterocycles. The molecule has 0 aliphatic rings. The number of carbonyl (C=O) groups excluding carboxylic acids is 2. The number of halogens is 1. The summed E-state index contributed by atoms with van der Waals surface area (Å²) in [5, 5.41) is 11.6. The van der Waals surface area contributed by atoms with Crippen LogP contribution in [0.5, 0.6) is 0 Å². The molecule has 5 nitrogen and oxygen atoms in total. The number of nitrogens with one attached hydrogen (secondary N) is 1. The van der Waals surface area contributed by atoms with E-state index in [9.17, 15) is 19.1 Å². The van der Waals surface area contributed by atoms with Crippen molar-refractivity contribution < 1.29 is 19.1 Å². The topological polar surface area (TPSA) is 69.6 Å². The Labute approximate surface area is 117 Å². The van der Waals surface area contributed by atoms with Crippen molar-refractivity contribution in [2.75, 3.05) is 20.2 Å². The maximum Gasteiger partial charge on any atom is 0.251 e. The molecule has 0 radical (unpaired) electrons. The maximum absolute atomic E-state index is 13.0. The molecule has 0 bridgehead atoms. The Morgan fingerprint density at radius 1 is 1.40 bits per heavy atom. The molecule has 2 N–H and O–H groups in total. The zero-order valence-corrected chi connectivity index (χ0v) is 11.8. The van der Waals surface area contributed by atoms with Crippen molar-refractivity contribution in [1.29, 1.82) is 0 Å². The van der Waals surface area contributed by atoms with Gasteiger partial charge in [0.05, 0.1) is 18.7 Å². The van der Waals surface area contributed by atoms with E-state index in [1.54, 1.807) is 20.9 Å². The highest BCUT2D eigenvalue weighted by Gasteiger charge is 2.26. The minimum absolute atomic E-state index is 0.155. The smallest absolute Gasteiger partial charge is 0.251 e. The molecular formula is C14H19FN2O3. The van der Waals surface area contributed by atoms with Gasteiger partial charge in [-0.2, -0.15) is 0 Å². The molecule has 1 rings (SSSR count). The summed E-state index contributed by atoms with van der Waals surface area (Å²) in [6, 6.07) is 5.22. The third-order valence-corrected chi connectivity index (χ3v) is 3.16. The van der Waals surface area contributed by atoms with Crippen molar-refractivity contribution in [3.8, 4) is 0 Å². The van der Waals surface area contributed by atoms with Crippen LogP contribution in [0.1, 0.15) is 24.2 Å². The van der Waals surface area contributed by atoms with Gasteiger partial charge in [-0.1, -0.05) is 6.07 Å². The zero-order chi connectivity index (χ0) is 15.3. The molecule has 0 atom stereocenters. The van der Waals surface area contributed by atoms with Gasteiger partial charge in [0.15, 0.2) is 0 Å². The molecule has 0 saturated heterocycles. The molecule has 0 fully saturated rings. The van der Waals surface area contributed by atoms with Crippen LogP contribution < -0.4 is 5.32 Å². The lowest BCUT2D eigenvalue weighted by atomic mass is 10.1. The summed E-state index contributed by atoms with van der Waals surface area (Å²) in [5.41, 5.74) is -0.553. The van der Waals surface area contributed by atoms with Crippen LogP contribution in [0.15, 0.2) is 24.3 Å². The number of benzene rings is 1. The van der Waals surface area contributed by atoms with Gasteiger partial charge in [0.1, 0.15) is 5.82 Å². The first-order chi connectivity index (χ1) is 9.27. The van der Waals surface area contributed by atoms with Gasteiger partial charge in [0.2, 0.25) is 5.91 Å². The van der Waals surface area contributed by atoms with E-state index in [0.29, 0.717) is 0 Å². The highest BCUT2D eigenvalue weighted by Crippen LogP contribution is 2.10. The second kappa shape index (κ2) is 6.47. The summed E-state index contributed by atoms with van der Waals surface area (Å²) in [7, 11) is 1.55. The molecule has 0 spiro atoms. The second-order valence-electron chi connectivity index (χ2n) is 5.12. The maximum atomic E-state index is 13.0. The van der Waals surface area contributed by atoms with E-state index >= 15 is 0 Å². The molecular weight excluding hydrogens is 263 g/mol. The zero-order valence-electron chi connectivity index (χ0n) is 11.8. The fourth-order valence-corrected chi connectivity index (χ4v) is 1.45. The van der Waals surface area contributed by atoms with Crippen molar-refractivity contribution in [1.82, 2.24) is 10.2 Å². The third-order valence-electron chi connectivity index (χ3n) is 3.16. The van der Waals surface area contributed by atoms with Crippen LogP contribution in [0.4, 0.5) is 4.39 Å². The quantitative estimate of drug-likeness (QED) is 0.838. The van der Waals surface area contributed by atoms with Crippen LogP contribution in [-0.4, -0.2) is 47.6 Å². The first-order valence-electron chi connectivity index (χ1n) is 6.19. The molecule has 0 aliphatic carbocycles. The van der Waals surface area contributed by atoms with Crippen LogP contribution in [0.2, 0.25) is 0 Å². The number of hydrogen-bond donors (Lipinski definition) is 2. The van der Waals surface area contributed by atoms with Crippen LogP contribution in [-0.2, 0) is 4.79 Å². The number of aliphatic hydroxyl groups is 1. The summed E-state index contributed by atoms with van der Waals surface area (Å²) >= 11 is 0. The fourth-order valence-electron chi connectivity index (χ4n) is 1.45. The van der Waals surface area contributed by atoms with Crippen molar-refractivity contribution in [2.45, 2.75) is 19.4 Å². The van der Waals surface area contributed by atoms with E-state index in [-0.39, 0.29) is 24.6 Å². The predicted molar refractivity (Wildman–Crippen MR) is 72.7 cm³/mol. The molecule has 0 saturated carbocycles. The Hall–Kier alpha value is -1.95.